The van der Waals surface area contributed by atoms with Crippen LogP contribution >= 0.6 is 15.9 Å². The van der Waals surface area contributed by atoms with Gasteiger partial charge in [0.25, 0.3) is 0 Å². The molecule has 0 fully saturated rings. The summed E-state index contributed by atoms with van der Waals surface area (Å²) in [5.74, 6) is 0. The first-order chi connectivity index (χ1) is 8.58. The van der Waals surface area contributed by atoms with Gasteiger partial charge in [0.05, 0.1) is 11.4 Å². The highest BCUT2D eigenvalue weighted by atomic mass is 79.9. The van der Waals surface area contributed by atoms with Crippen molar-refractivity contribution in [3.63, 3.8) is 0 Å². The molecular formula is C15H21BrN2. The van der Waals surface area contributed by atoms with Gasteiger partial charge in [-0.3, -0.25) is 0 Å². The Bertz CT molecular complexity index is 476. The number of hydrogen-bond acceptors (Lipinski definition) is 2. The number of anilines is 1. The Hall–Kier alpha value is -0.830. The van der Waals surface area contributed by atoms with Crippen molar-refractivity contribution in [2.45, 2.75) is 46.6 Å². The van der Waals surface area contributed by atoms with Gasteiger partial charge in [-0.2, -0.15) is 0 Å². The Morgan fingerprint density at radius 2 is 2.00 bits per heavy atom. The summed E-state index contributed by atoms with van der Waals surface area (Å²) >= 11 is 3.54. The zero-order valence-corrected chi connectivity index (χ0v) is 13.2. The monoisotopic (exact) mass is 308 g/mol. The molecule has 2 nitrogen and oxygen atoms in total. The number of halogens is 1. The lowest BCUT2D eigenvalue weighted by Crippen LogP contribution is -2.37. The molecular weight excluding hydrogens is 288 g/mol. The Labute approximate surface area is 118 Å². The predicted molar refractivity (Wildman–Crippen MR) is 82.0 cm³/mol. The molecule has 1 aliphatic rings. The fourth-order valence-corrected chi connectivity index (χ4v) is 2.88. The molecule has 0 unspecified atom stereocenters. The summed E-state index contributed by atoms with van der Waals surface area (Å²) in [5, 5.41) is 0. The van der Waals surface area contributed by atoms with E-state index in [1.54, 1.807) is 0 Å². The lowest BCUT2D eigenvalue weighted by molar-refractivity contribution is 0.572. The van der Waals surface area contributed by atoms with Crippen LogP contribution in [0.5, 0.6) is 0 Å². The lowest BCUT2D eigenvalue weighted by Gasteiger charge is -2.36. The molecule has 0 radical (unpaired) electrons. The second-order valence-electron chi connectivity index (χ2n) is 4.97. The molecule has 1 aromatic heterocycles. The van der Waals surface area contributed by atoms with Crippen LogP contribution < -0.4 is 4.90 Å². The van der Waals surface area contributed by atoms with Crippen LogP contribution in [0.25, 0.3) is 5.57 Å². The maximum Gasteiger partial charge on any atom is 0.109 e. The van der Waals surface area contributed by atoms with Crippen LogP contribution in [0.15, 0.2) is 16.7 Å². The van der Waals surface area contributed by atoms with E-state index in [1.807, 2.05) is 0 Å². The van der Waals surface area contributed by atoms with Gasteiger partial charge in [0.15, 0.2) is 0 Å². The van der Waals surface area contributed by atoms with Crippen LogP contribution in [-0.2, 0) is 0 Å². The molecule has 1 aromatic rings. The molecule has 0 saturated carbocycles. The lowest BCUT2D eigenvalue weighted by atomic mass is 10.0. The van der Waals surface area contributed by atoms with E-state index in [0.29, 0.717) is 6.04 Å². The van der Waals surface area contributed by atoms with Gasteiger partial charge in [-0.1, -0.05) is 19.9 Å². The average molecular weight is 309 g/mol. The third-order valence-electron chi connectivity index (χ3n) is 3.79. The third-order valence-corrected chi connectivity index (χ3v) is 4.59. The minimum Gasteiger partial charge on any atom is -0.363 e. The zero-order chi connectivity index (χ0) is 13.3. The highest BCUT2D eigenvalue weighted by Crippen LogP contribution is 2.34. The first-order valence-corrected chi connectivity index (χ1v) is 7.48. The Kier molecular flexibility index (Phi) is 4.10. The van der Waals surface area contributed by atoms with E-state index >= 15 is 0 Å². The molecule has 2 rings (SSSR count). The fourth-order valence-electron chi connectivity index (χ4n) is 2.59. The Morgan fingerprint density at radius 1 is 1.33 bits per heavy atom. The average Bonchev–Trinajstić information content (AvgIpc) is 2.36. The van der Waals surface area contributed by atoms with Gasteiger partial charge in [0.1, 0.15) is 4.60 Å². The SMILES string of the molecule is CCC(CC)N1CC=C(C)c2nc(Br)c(C)cc21. The maximum absolute atomic E-state index is 4.70. The van der Waals surface area contributed by atoms with E-state index in [0.717, 1.165) is 16.8 Å². The summed E-state index contributed by atoms with van der Waals surface area (Å²) in [6, 6.07) is 2.87. The van der Waals surface area contributed by atoms with Gasteiger partial charge in [-0.05, 0) is 59.8 Å². The summed E-state index contributed by atoms with van der Waals surface area (Å²) in [5.41, 5.74) is 4.92. The predicted octanol–water partition coefficient (Wildman–Crippen LogP) is 4.56. The molecule has 3 heteroatoms. The Balaban J connectivity index is 2.50. The van der Waals surface area contributed by atoms with Crippen LogP contribution in [0.3, 0.4) is 0 Å². The van der Waals surface area contributed by atoms with E-state index in [2.05, 4.69) is 60.7 Å². The van der Waals surface area contributed by atoms with E-state index in [4.69, 9.17) is 4.98 Å². The standard InChI is InChI=1S/C15H21BrN2/c1-5-12(6-2)18-8-7-10(3)14-13(18)9-11(4)15(16)17-14/h7,9,12H,5-6,8H2,1-4H3. The van der Waals surface area contributed by atoms with Crippen molar-refractivity contribution in [2.24, 2.45) is 0 Å². The van der Waals surface area contributed by atoms with Gasteiger partial charge >= 0.3 is 0 Å². The molecule has 18 heavy (non-hydrogen) atoms. The molecule has 0 N–H and O–H groups in total. The number of hydrogen-bond donors (Lipinski definition) is 0. The van der Waals surface area contributed by atoms with Gasteiger partial charge < -0.3 is 4.90 Å². The number of nitrogens with zero attached hydrogens (tertiary/aromatic N) is 2. The third kappa shape index (κ3) is 2.33. The number of aromatic nitrogens is 1. The van der Waals surface area contributed by atoms with Crippen LogP contribution in [-0.4, -0.2) is 17.6 Å². The molecule has 0 bridgehead atoms. The van der Waals surface area contributed by atoms with E-state index in [-0.39, 0.29) is 0 Å². The van der Waals surface area contributed by atoms with Gasteiger partial charge in [0, 0.05) is 12.6 Å². The summed E-state index contributed by atoms with van der Waals surface area (Å²) in [4.78, 5) is 7.20. The molecule has 0 aromatic carbocycles. The largest absolute Gasteiger partial charge is 0.363 e. The highest BCUT2D eigenvalue weighted by molar-refractivity contribution is 9.10. The normalized spacial score (nSPS) is 14.8. The first-order valence-electron chi connectivity index (χ1n) is 6.69. The second-order valence-corrected chi connectivity index (χ2v) is 5.72. The quantitative estimate of drug-likeness (QED) is 0.761. The summed E-state index contributed by atoms with van der Waals surface area (Å²) in [6.45, 7) is 9.79. The molecule has 2 heterocycles. The second kappa shape index (κ2) is 5.43. The number of fused-ring (bicyclic) bond motifs is 1. The zero-order valence-electron chi connectivity index (χ0n) is 11.6. The minimum atomic E-state index is 0.607. The van der Waals surface area contributed by atoms with Crippen molar-refractivity contribution in [1.82, 2.24) is 4.98 Å². The van der Waals surface area contributed by atoms with Crippen LogP contribution in [0, 0.1) is 6.92 Å². The van der Waals surface area contributed by atoms with Crippen LogP contribution in [0.2, 0.25) is 0 Å². The van der Waals surface area contributed by atoms with Crippen LogP contribution in [0.4, 0.5) is 5.69 Å². The minimum absolute atomic E-state index is 0.607. The highest BCUT2D eigenvalue weighted by Gasteiger charge is 2.23. The molecule has 0 saturated heterocycles. The van der Waals surface area contributed by atoms with Crippen molar-refractivity contribution < 1.29 is 0 Å². The molecule has 0 aliphatic carbocycles. The molecule has 0 atom stereocenters. The van der Waals surface area contributed by atoms with E-state index in [9.17, 15) is 0 Å². The topological polar surface area (TPSA) is 16.1 Å². The molecule has 0 amide bonds. The van der Waals surface area contributed by atoms with Crippen molar-refractivity contribution in [3.05, 3.63) is 28.0 Å². The maximum atomic E-state index is 4.70. The Morgan fingerprint density at radius 3 is 2.61 bits per heavy atom. The number of allylic oxidation sites excluding steroid dienone is 1. The summed E-state index contributed by atoms with van der Waals surface area (Å²) in [7, 11) is 0. The van der Waals surface area contributed by atoms with Crippen molar-refractivity contribution in [3.8, 4) is 0 Å². The number of rotatable bonds is 3. The molecule has 1 aliphatic heterocycles. The fraction of sp³-hybridized carbons (Fsp3) is 0.533. The summed E-state index contributed by atoms with van der Waals surface area (Å²) in [6.07, 6.45) is 4.64. The molecule has 98 valence electrons. The van der Waals surface area contributed by atoms with Crippen molar-refractivity contribution in [2.75, 3.05) is 11.4 Å². The molecule has 0 spiro atoms. The van der Waals surface area contributed by atoms with Crippen LogP contribution in [0.1, 0.15) is 44.9 Å². The van der Waals surface area contributed by atoms with Crippen molar-refractivity contribution in [1.29, 1.82) is 0 Å². The van der Waals surface area contributed by atoms with E-state index < -0.39 is 0 Å². The van der Waals surface area contributed by atoms with Gasteiger partial charge in [0.2, 0.25) is 0 Å². The number of pyridine rings is 1. The first kappa shape index (κ1) is 13.6. The summed E-state index contributed by atoms with van der Waals surface area (Å²) < 4.78 is 0.959. The van der Waals surface area contributed by atoms with Crippen molar-refractivity contribution >= 4 is 27.2 Å². The van der Waals surface area contributed by atoms with Gasteiger partial charge in [-0.25, -0.2) is 4.98 Å². The van der Waals surface area contributed by atoms with Gasteiger partial charge in [-0.15, -0.1) is 0 Å². The number of aryl methyl sites for hydroxylation is 1. The smallest absolute Gasteiger partial charge is 0.109 e. The van der Waals surface area contributed by atoms with E-state index in [1.165, 1.54) is 29.7 Å².